The molecule has 0 aromatic heterocycles. The second-order valence-corrected chi connectivity index (χ2v) is 8.14. The number of ether oxygens (including phenoxy) is 1. The summed E-state index contributed by atoms with van der Waals surface area (Å²) in [5.74, 6) is -0.323. The van der Waals surface area contributed by atoms with E-state index >= 15 is 0 Å². The molecule has 5 heteroatoms. The number of hydrogen-bond donors (Lipinski definition) is 2. The molecule has 0 spiro atoms. The van der Waals surface area contributed by atoms with Crippen LogP contribution in [-0.4, -0.2) is 23.5 Å². The number of rotatable bonds is 7. The molecule has 0 atom stereocenters. The smallest absolute Gasteiger partial charge is 0.251 e. The van der Waals surface area contributed by atoms with Crippen LogP contribution in [0, 0.1) is 0 Å². The van der Waals surface area contributed by atoms with Gasteiger partial charge in [-0.05, 0) is 70.0 Å². The van der Waals surface area contributed by atoms with Crippen LogP contribution >= 0.6 is 0 Å². The topological polar surface area (TPSA) is 67.4 Å². The molecule has 0 radical (unpaired) electrons. The fraction of sp³-hybridized carbons (Fsp3) is 0.391. The van der Waals surface area contributed by atoms with Gasteiger partial charge in [0.2, 0.25) is 0 Å². The van der Waals surface area contributed by atoms with Crippen LogP contribution in [0.5, 0.6) is 0 Å². The molecular formula is C23H30N2O3. The van der Waals surface area contributed by atoms with Crippen LogP contribution in [0.15, 0.2) is 48.5 Å². The molecular weight excluding hydrogens is 352 g/mol. The van der Waals surface area contributed by atoms with Crippen molar-refractivity contribution in [3.8, 4) is 0 Å². The van der Waals surface area contributed by atoms with Crippen molar-refractivity contribution in [2.75, 3.05) is 0 Å². The number of nitrogens with one attached hydrogen (secondary N) is 2. The van der Waals surface area contributed by atoms with Crippen molar-refractivity contribution in [3.05, 3.63) is 70.8 Å². The molecule has 2 N–H and O–H groups in total. The minimum atomic E-state index is -0.302. The van der Waals surface area contributed by atoms with Gasteiger partial charge in [0.25, 0.3) is 11.8 Å². The van der Waals surface area contributed by atoms with E-state index in [1.807, 2.05) is 58.9 Å². The number of carbonyl (C=O) groups excluding carboxylic acids is 2. The Morgan fingerprint density at radius 1 is 0.857 bits per heavy atom. The number of carbonyl (C=O) groups is 2. The Morgan fingerprint density at radius 3 is 1.86 bits per heavy atom. The molecule has 0 aliphatic rings. The van der Waals surface area contributed by atoms with E-state index in [0.717, 1.165) is 11.1 Å². The highest BCUT2D eigenvalue weighted by molar-refractivity contribution is 5.98. The highest BCUT2D eigenvalue weighted by Gasteiger charge is 2.15. The van der Waals surface area contributed by atoms with E-state index in [1.165, 1.54) is 0 Å². The maximum Gasteiger partial charge on any atom is 0.251 e. The van der Waals surface area contributed by atoms with Crippen LogP contribution in [-0.2, 0) is 17.9 Å². The average Bonchev–Trinajstić information content (AvgIpc) is 2.64. The molecule has 0 aliphatic heterocycles. The van der Waals surface area contributed by atoms with Crippen molar-refractivity contribution < 1.29 is 14.3 Å². The van der Waals surface area contributed by atoms with E-state index in [9.17, 15) is 9.59 Å². The monoisotopic (exact) mass is 382 g/mol. The van der Waals surface area contributed by atoms with Gasteiger partial charge in [-0.1, -0.05) is 24.3 Å². The molecule has 0 saturated carbocycles. The summed E-state index contributed by atoms with van der Waals surface area (Å²) in [6.07, 6.45) is 0.199. The van der Waals surface area contributed by atoms with Gasteiger partial charge in [-0.25, -0.2) is 0 Å². The molecule has 150 valence electrons. The molecule has 2 aromatic carbocycles. The van der Waals surface area contributed by atoms with Crippen LogP contribution in [0.25, 0.3) is 0 Å². The van der Waals surface area contributed by atoms with Gasteiger partial charge in [0, 0.05) is 23.2 Å². The van der Waals surface area contributed by atoms with Crippen LogP contribution in [0.1, 0.15) is 66.5 Å². The third-order valence-corrected chi connectivity index (χ3v) is 3.96. The lowest BCUT2D eigenvalue weighted by Gasteiger charge is -2.20. The van der Waals surface area contributed by atoms with E-state index < -0.39 is 0 Å². The summed E-state index contributed by atoms with van der Waals surface area (Å²) in [6.45, 7) is 10.8. The van der Waals surface area contributed by atoms with Crippen molar-refractivity contribution in [1.29, 1.82) is 0 Å². The molecule has 28 heavy (non-hydrogen) atoms. The molecule has 5 nitrogen and oxygen atoms in total. The minimum absolute atomic E-state index is 0.152. The maximum absolute atomic E-state index is 12.3. The zero-order valence-corrected chi connectivity index (χ0v) is 17.3. The quantitative estimate of drug-likeness (QED) is 0.758. The van der Waals surface area contributed by atoms with Crippen molar-refractivity contribution in [1.82, 2.24) is 10.6 Å². The molecule has 0 fully saturated rings. The zero-order valence-electron chi connectivity index (χ0n) is 17.3. The number of amides is 2. The summed E-state index contributed by atoms with van der Waals surface area (Å²) in [4.78, 5) is 24.5. The second-order valence-electron chi connectivity index (χ2n) is 8.14. The lowest BCUT2D eigenvalue weighted by atomic mass is 10.1. The fourth-order valence-corrected chi connectivity index (χ4v) is 2.49. The zero-order chi connectivity index (χ0) is 20.7. The summed E-state index contributed by atoms with van der Waals surface area (Å²) in [7, 11) is 0. The Hall–Kier alpha value is -2.66. The van der Waals surface area contributed by atoms with E-state index in [4.69, 9.17) is 4.74 Å². The molecule has 2 aromatic rings. The maximum atomic E-state index is 12.3. The summed E-state index contributed by atoms with van der Waals surface area (Å²) < 4.78 is 5.58. The van der Waals surface area contributed by atoms with E-state index in [2.05, 4.69) is 10.6 Å². The molecule has 0 heterocycles. The molecule has 0 bridgehead atoms. The van der Waals surface area contributed by atoms with Crippen LogP contribution in [0.3, 0.4) is 0 Å². The largest absolute Gasteiger partial charge is 0.374 e. The van der Waals surface area contributed by atoms with Crippen molar-refractivity contribution in [2.45, 2.75) is 59.4 Å². The van der Waals surface area contributed by atoms with E-state index in [-0.39, 0.29) is 23.5 Å². The van der Waals surface area contributed by atoms with Gasteiger partial charge in [-0.3, -0.25) is 9.59 Å². The first-order valence-electron chi connectivity index (χ1n) is 9.54. The van der Waals surface area contributed by atoms with Crippen molar-refractivity contribution >= 4 is 11.8 Å². The lowest BCUT2D eigenvalue weighted by Crippen LogP contribution is -2.40. The molecule has 2 rings (SSSR count). The van der Waals surface area contributed by atoms with Gasteiger partial charge >= 0.3 is 0 Å². The van der Waals surface area contributed by atoms with Crippen LogP contribution < -0.4 is 10.6 Å². The third-order valence-electron chi connectivity index (χ3n) is 3.96. The first kappa shape index (κ1) is 21.6. The van der Waals surface area contributed by atoms with Crippen molar-refractivity contribution in [3.63, 3.8) is 0 Å². The number of hydrogen-bond acceptors (Lipinski definition) is 3. The standard InChI is InChI=1S/C23H30N2O3/c1-16(2)28-15-18-8-6-17(7-9-18)14-24-21(26)19-10-12-20(13-11-19)22(27)25-23(3,4)5/h6-13,16H,14-15H2,1-5H3,(H,24,26)(H,25,27). The molecule has 0 aliphatic carbocycles. The SMILES string of the molecule is CC(C)OCc1ccc(CNC(=O)c2ccc(C(=O)NC(C)(C)C)cc2)cc1. The Morgan fingerprint density at radius 2 is 1.36 bits per heavy atom. The minimum Gasteiger partial charge on any atom is -0.374 e. The number of benzene rings is 2. The molecule has 0 saturated heterocycles. The van der Waals surface area contributed by atoms with E-state index in [1.54, 1.807) is 24.3 Å². The average molecular weight is 383 g/mol. The molecule has 0 unspecified atom stereocenters. The normalized spacial score (nSPS) is 11.4. The Kier molecular flexibility index (Phi) is 7.35. The first-order chi connectivity index (χ1) is 13.1. The van der Waals surface area contributed by atoms with Gasteiger partial charge in [-0.2, -0.15) is 0 Å². The fourth-order valence-electron chi connectivity index (χ4n) is 2.49. The van der Waals surface area contributed by atoms with Gasteiger partial charge in [0.05, 0.1) is 12.7 Å². The van der Waals surface area contributed by atoms with Gasteiger partial charge in [0.1, 0.15) is 0 Å². The summed E-state index contributed by atoms with van der Waals surface area (Å²) in [6, 6.07) is 14.6. The predicted octanol–water partition coefficient (Wildman–Crippen LogP) is 4.07. The highest BCUT2D eigenvalue weighted by atomic mass is 16.5. The van der Waals surface area contributed by atoms with Crippen molar-refractivity contribution in [2.24, 2.45) is 0 Å². The third kappa shape index (κ3) is 7.16. The molecule has 2 amide bonds. The Bertz CT molecular complexity index is 788. The van der Waals surface area contributed by atoms with Crippen LogP contribution in [0.2, 0.25) is 0 Å². The first-order valence-corrected chi connectivity index (χ1v) is 9.54. The second kappa shape index (κ2) is 9.51. The Balaban J connectivity index is 1.88. The summed E-state index contributed by atoms with van der Waals surface area (Å²) in [5.41, 5.74) is 2.87. The summed E-state index contributed by atoms with van der Waals surface area (Å²) >= 11 is 0. The van der Waals surface area contributed by atoms with Gasteiger partial charge in [0.15, 0.2) is 0 Å². The Labute approximate surface area is 167 Å². The predicted molar refractivity (Wildman–Crippen MR) is 111 cm³/mol. The van der Waals surface area contributed by atoms with Gasteiger partial charge < -0.3 is 15.4 Å². The van der Waals surface area contributed by atoms with Crippen LogP contribution in [0.4, 0.5) is 0 Å². The highest BCUT2D eigenvalue weighted by Crippen LogP contribution is 2.09. The lowest BCUT2D eigenvalue weighted by molar-refractivity contribution is 0.0657. The van der Waals surface area contributed by atoms with E-state index in [0.29, 0.717) is 24.3 Å². The van der Waals surface area contributed by atoms with Gasteiger partial charge in [-0.15, -0.1) is 0 Å². The summed E-state index contributed by atoms with van der Waals surface area (Å²) in [5, 5.41) is 5.80.